The van der Waals surface area contributed by atoms with Crippen LogP contribution >= 0.6 is 0 Å². The van der Waals surface area contributed by atoms with Crippen molar-refractivity contribution in [2.24, 2.45) is 13.0 Å². The molecule has 0 aliphatic heterocycles. The third-order valence-corrected chi connectivity index (χ3v) is 3.14. The van der Waals surface area contributed by atoms with Gasteiger partial charge in [-0.2, -0.15) is 4.98 Å². The lowest BCUT2D eigenvalue weighted by molar-refractivity contribution is 0.491. The minimum Gasteiger partial charge on any atom is -0.369 e. The van der Waals surface area contributed by atoms with E-state index in [1.54, 1.807) is 14.0 Å². The molecule has 2 N–H and O–H groups in total. The fourth-order valence-electron chi connectivity index (χ4n) is 2.19. The van der Waals surface area contributed by atoms with E-state index in [9.17, 15) is 9.59 Å². The van der Waals surface area contributed by atoms with Crippen molar-refractivity contribution >= 4 is 17.1 Å². The van der Waals surface area contributed by atoms with Crippen LogP contribution in [0.5, 0.6) is 0 Å². The smallest absolute Gasteiger partial charge is 0.332 e. The van der Waals surface area contributed by atoms with Gasteiger partial charge in [0, 0.05) is 20.1 Å². The Kier molecular flexibility index (Phi) is 3.21. The summed E-state index contributed by atoms with van der Waals surface area (Å²) in [6.07, 6.45) is 0. The van der Waals surface area contributed by atoms with Gasteiger partial charge in [-0.3, -0.25) is 13.9 Å². The zero-order chi connectivity index (χ0) is 14.3. The van der Waals surface area contributed by atoms with Crippen molar-refractivity contribution in [3.05, 3.63) is 20.8 Å². The number of aromatic nitrogens is 4. The molecule has 7 nitrogen and oxygen atoms in total. The molecule has 0 spiro atoms. The molecule has 0 radical (unpaired) electrons. The van der Waals surface area contributed by atoms with E-state index in [2.05, 4.69) is 4.98 Å². The average molecular weight is 265 g/mol. The summed E-state index contributed by atoms with van der Waals surface area (Å²) in [6.45, 7) is 6.62. The van der Waals surface area contributed by atoms with E-state index in [0.717, 1.165) is 0 Å². The summed E-state index contributed by atoms with van der Waals surface area (Å²) in [5.74, 6) is 0.504. The van der Waals surface area contributed by atoms with Crippen molar-refractivity contribution in [2.45, 2.75) is 33.9 Å². The maximum Gasteiger partial charge on any atom is 0.332 e. The Balaban J connectivity index is 2.97. The Morgan fingerprint density at radius 3 is 2.42 bits per heavy atom. The number of anilines is 1. The number of nitrogens with two attached hydrogens (primary N) is 1. The number of rotatable bonds is 3. The molecule has 0 unspecified atom stereocenters. The quantitative estimate of drug-likeness (QED) is 0.856. The standard InChI is InChI=1S/C12H19N5O2/c1-5-16-10(18)8-9(14-11(13)15(8)4)17(12(16)19)6-7(2)3/h7H,5-6H2,1-4H3,(H2,13,14). The number of nitrogens with zero attached hydrogens (tertiary/aromatic N) is 4. The zero-order valence-corrected chi connectivity index (χ0v) is 11.7. The largest absolute Gasteiger partial charge is 0.369 e. The monoisotopic (exact) mass is 265 g/mol. The number of nitrogen functional groups attached to an aromatic ring is 1. The average Bonchev–Trinajstić information content (AvgIpc) is 2.62. The van der Waals surface area contributed by atoms with E-state index in [0.29, 0.717) is 24.3 Å². The van der Waals surface area contributed by atoms with E-state index in [1.807, 2.05) is 13.8 Å². The van der Waals surface area contributed by atoms with Crippen LogP contribution in [0, 0.1) is 5.92 Å². The summed E-state index contributed by atoms with van der Waals surface area (Å²) < 4.78 is 4.27. The van der Waals surface area contributed by atoms with Gasteiger partial charge in [0.1, 0.15) is 0 Å². The molecule has 0 aromatic carbocycles. The van der Waals surface area contributed by atoms with E-state index < -0.39 is 0 Å². The maximum absolute atomic E-state index is 12.3. The van der Waals surface area contributed by atoms with Crippen LogP contribution in [-0.4, -0.2) is 18.7 Å². The number of hydrogen-bond acceptors (Lipinski definition) is 4. The van der Waals surface area contributed by atoms with Gasteiger partial charge in [-0.15, -0.1) is 0 Å². The fourth-order valence-corrected chi connectivity index (χ4v) is 2.19. The Hall–Kier alpha value is -2.05. The SMILES string of the molecule is CCn1c(=O)c2c(nc(N)n2C)n(CC(C)C)c1=O. The summed E-state index contributed by atoms with van der Waals surface area (Å²) in [4.78, 5) is 28.8. The predicted octanol–water partition coefficient (Wildman–Crippen LogP) is 0.155. The van der Waals surface area contributed by atoms with Crippen LogP contribution in [0.3, 0.4) is 0 Å². The molecule has 0 amide bonds. The number of aryl methyl sites for hydroxylation is 1. The van der Waals surface area contributed by atoms with Gasteiger partial charge in [0.05, 0.1) is 0 Å². The zero-order valence-electron chi connectivity index (χ0n) is 11.7. The van der Waals surface area contributed by atoms with Crippen molar-refractivity contribution in [1.82, 2.24) is 18.7 Å². The lowest BCUT2D eigenvalue weighted by atomic mass is 10.2. The van der Waals surface area contributed by atoms with Crippen LogP contribution in [0.4, 0.5) is 5.95 Å². The van der Waals surface area contributed by atoms with Crippen molar-refractivity contribution in [1.29, 1.82) is 0 Å². The molecule has 0 bridgehead atoms. The molecule has 2 rings (SSSR count). The van der Waals surface area contributed by atoms with Crippen molar-refractivity contribution in [3.63, 3.8) is 0 Å². The molecule has 7 heteroatoms. The first kappa shape index (κ1) is 13.4. The summed E-state index contributed by atoms with van der Waals surface area (Å²) >= 11 is 0. The van der Waals surface area contributed by atoms with Gasteiger partial charge in [0.2, 0.25) is 5.95 Å². The molecule has 2 aromatic rings. The second-order valence-electron chi connectivity index (χ2n) is 5.04. The van der Waals surface area contributed by atoms with Gasteiger partial charge in [-0.05, 0) is 12.8 Å². The van der Waals surface area contributed by atoms with E-state index in [1.165, 1.54) is 13.7 Å². The maximum atomic E-state index is 12.3. The minimum atomic E-state index is -0.339. The number of fused-ring (bicyclic) bond motifs is 1. The summed E-state index contributed by atoms with van der Waals surface area (Å²) in [7, 11) is 1.68. The van der Waals surface area contributed by atoms with Crippen molar-refractivity contribution in [2.75, 3.05) is 5.73 Å². The lowest BCUT2D eigenvalue weighted by Crippen LogP contribution is -2.40. The topological polar surface area (TPSA) is 87.8 Å². The lowest BCUT2D eigenvalue weighted by Gasteiger charge is -2.12. The van der Waals surface area contributed by atoms with Crippen LogP contribution < -0.4 is 17.0 Å². The van der Waals surface area contributed by atoms with E-state index in [-0.39, 0.29) is 23.1 Å². The molecule has 2 aromatic heterocycles. The Morgan fingerprint density at radius 1 is 1.26 bits per heavy atom. The van der Waals surface area contributed by atoms with Crippen LogP contribution in [0.25, 0.3) is 11.2 Å². The Bertz CT molecular complexity index is 735. The number of hydrogen-bond donors (Lipinski definition) is 1. The highest BCUT2D eigenvalue weighted by molar-refractivity contribution is 5.73. The molecule has 0 aliphatic carbocycles. The van der Waals surface area contributed by atoms with Gasteiger partial charge in [-0.25, -0.2) is 4.79 Å². The first-order chi connectivity index (χ1) is 8.88. The normalized spacial score (nSPS) is 11.6. The first-order valence-electron chi connectivity index (χ1n) is 6.34. The highest BCUT2D eigenvalue weighted by Crippen LogP contribution is 2.12. The Labute approximate surface area is 110 Å². The van der Waals surface area contributed by atoms with E-state index in [4.69, 9.17) is 5.73 Å². The molecule has 104 valence electrons. The third kappa shape index (κ3) is 1.94. The summed E-state index contributed by atoms with van der Waals surface area (Å²) in [5.41, 5.74) is 5.83. The fraction of sp³-hybridized carbons (Fsp3) is 0.583. The Morgan fingerprint density at radius 2 is 1.89 bits per heavy atom. The molecular weight excluding hydrogens is 246 g/mol. The van der Waals surface area contributed by atoms with Crippen molar-refractivity contribution < 1.29 is 0 Å². The van der Waals surface area contributed by atoms with Crippen LogP contribution in [0.15, 0.2) is 9.59 Å². The first-order valence-corrected chi connectivity index (χ1v) is 6.34. The van der Waals surface area contributed by atoms with Crippen LogP contribution in [0.2, 0.25) is 0 Å². The second kappa shape index (κ2) is 4.56. The van der Waals surface area contributed by atoms with Gasteiger partial charge < -0.3 is 10.3 Å². The molecule has 0 fully saturated rings. The van der Waals surface area contributed by atoms with Gasteiger partial charge in [0.15, 0.2) is 11.2 Å². The molecule has 0 saturated carbocycles. The molecule has 19 heavy (non-hydrogen) atoms. The molecule has 0 aliphatic rings. The van der Waals surface area contributed by atoms with E-state index >= 15 is 0 Å². The van der Waals surface area contributed by atoms with Crippen LogP contribution in [0.1, 0.15) is 20.8 Å². The minimum absolute atomic E-state index is 0.234. The third-order valence-electron chi connectivity index (χ3n) is 3.14. The van der Waals surface area contributed by atoms with Crippen molar-refractivity contribution in [3.8, 4) is 0 Å². The summed E-state index contributed by atoms with van der Waals surface area (Å²) in [5, 5.41) is 0. The van der Waals surface area contributed by atoms with Crippen LogP contribution in [-0.2, 0) is 20.1 Å². The molecule has 0 saturated heterocycles. The highest BCUT2D eigenvalue weighted by Gasteiger charge is 2.18. The van der Waals surface area contributed by atoms with Gasteiger partial charge >= 0.3 is 5.69 Å². The molecular formula is C12H19N5O2. The van der Waals surface area contributed by atoms with Gasteiger partial charge in [0.25, 0.3) is 5.56 Å². The molecule has 0 atom stereocenters. The van der Waals surface area contributed by atoms with Gasteiger partial charge in [-0.1, -0.05) is 13.8 Å². The number of imidazole rings is 1. The second-order valence-corrected chi connectivity index (χ2v) is 5.04. The highest BCUT2D eigenvalue weighted by atomic mass is 16.2. The molecule has 2 heterocycles. The summed E-state index contributed by atoms with van der Waals surface area (Å²) in [6, 6.07) is 0. The predicted molar refractivity (Wildman–Crippen MR) is 74.2 cm³/mol.